The topological polar surface area (TPSA) is 9.23 Å². The molecule has 2 aliphatic rings. The minimum absolute atomic E-state index is 0.774. The van der Waals surface area contributed by atoms with Crippen LogP contribution in [0.3, 0.4) is 0 Å². The van der Waals surface area contributed by atoms with E-state index in [9.17, 15) is 0 Å². The van der Waals surface area contributed by atoms with Crippen molar-refractivity contribution < 1.29 is 4.74 Å². The van der Waals surface area contributed by atoms with Gasteiger partial charge in [0, 0.05) is 0 Å². The third-order valence-electron chi connectivity index (χ3n) is 2.51. The van der Waals surface area contributed by atoms with Crippen molar-refractivity contribution in [2.75, 3.05) is 0 Å². The number of ether oxygens (including phenoxy) is 1. The summed E-state index contributed by atoms with van der Waals surface area (Å²) in [5, 5.41) is 0. The third kappa shape index (κ3) is 0.770. The molecule has 1 aromatic rings. The van der Waals surface area contributed by atoms with Crippen LogP contribution < -0.4 is 4.74 Å². The van der Waals surface area contributed by atoms with Crippen LogP contribution >= 0.6 is 0 Å². The van der Waals surface area contributed by atoms with E-state index in [1.54, 1.807) is 0 Å². The van der Waals surface area contributed by atoms with Gasteiger partial charge in [0.2, 0.25) is 0 Å². The average molecular weight is 148 g/mol. The van der Waals surface area contributed by atoms with Gasteiger partial charge in [0.05, 0.1) is 0 Å². The average Bonchev–Trinajstić information content (AvgIpc) is 1.99. The highest BCUT2D eigenvalue weighted by Gasteiger charge is 2.16. The molecule has 0 atom stereocenters. The first-order chi connectivity index (χ1) is 5.20. The Morgan fingerprint density at radius 2 is 1.91 bits per heavy atom. The molecule has 11 heavy (non-hydrogen) atoms. The summed E-state index contributed by atoms with van der Waals surface area (Å²) in [6.07, 6.45) is 0. The zero-order valence-electron chi connectivity index (χ0n) is 7.19. The highest BCUT2D eigenvalue weighted by molar-refractivity contribution is 5.51. The Labute approximate surface area is 67.0 Å². The van der Waals surface area contributed by atoms with Gasteiger partial charge >= 0.3 is 0 Å². The quantitative estimate of drug-likeness (QED) is 0.549. The molecule has 0 saturated carbocycles. The number of aryl methyl sites for hydroxylation is 1. The number of hydrogen-bond donors (Lipinski definition) is 0. The van der Waals surface area contributed by atoms with Gasteiger partial charge in [-0.2, -0.15) is 0 Å². The molecular formula is C10H12O. The van der Waals surface area contributed by atoms with Crippen LogP contribution in [-0.4, -0.2) is 0 Å². The lowest BCUT2D eigenvalue weighted by Gasteiger charge is -2.23. The standard InChI is InChI=1S/C10H12O/c1-6-4-9-5-11-10(6)8(3)7(9)2/h4H,5H2,1-3H3. The minimum atomic E-state index is 0.774. The van der Waals surface area contributed by atoms with Gasteiger partial charge in [-0.15, -0.1) is 0 Å². The minimum Gasteiger partial charge on any atom is -0.488 e. The number of hydrogen-bond acceptors (Lipinski definition) is 1. The van der Waals surface area contributed by atoms with Gasteiger partial charge in [-0.3, -0.25) is 0 Å². The van der Waals surface area contributed by atoms with Crippen LogP contribution in [-0.2, 0) is 6.61 Å². The lowest BCUT2D eigenvalue weighted by Crippen LogP contribution is -2.10. The van der Waals surface area contributed by atoms with Gasteiger partial charge in [-0.05, 0) is 49.1 Å². The Bertz CT molecular complexity index is 313. The first-order valence-corrected chi connectivity index (χ1v) is 3.92. The van der Waals surface area contributed by atoms with E-state index in [0.29, 0.717) is 0 Å². The fraction of sp³-hybridized carbons (Fsp3) is 0.400. The Balaban J connectivity index is 2.79. The molecule has 2 aliphatic heterocycles. The van der Waals surface area contributed by atoms with Crippen molar-refractivity contribution in [1.82, 2.24) is 0 Å². The molecule has 0 amide bonds. The maximum absolute atomic E-state index is 5.53. The van der Waals surface area contributed by atoms with Gasteiger partial charge in [-0.1, -0.05) is 0 Å². The second-order valence-corrected chi connectivity index (χ2v) is 3.22. The van der Waals surface area contributed by atoms with Gasteiger partial charge in [0.1, 0.15) is 12.4 Å². The van der Waals surface area contributed by atoms with Crippen LogP contribution in [0.4, 0.5) is 0 Å². The van der Waals surface area contributed by atoms with E-state index in [1.165, 1.54) is 22.3 Å². The third-order valence-corrected chi connectivity index (χ3v) is 2.51. The summed E-state index contributed by atoms with van der Waals surface area (Å²) in [5.74, 6) is 1.09. The summed E-state index contributed by atoms with van der Waals surface area (Å²) in [6.45, 7) is 7.16. The normalized spacial score (nSPS) is 13.4. The molecule has 0 unspecified atom stereocenters. The molecule has 0 spiro atoms. The summed E-state index contributed by atoms with van der Waals surface area (Å²) < 4.78 is 5.53. The Hall–Kier alpha value is -0.980. The molecule has 2 bridgehead atoms. The molecule has 0 aromatic heterocycles. The summed E-state index contributed by atoms with van der Waals surface area (Å²) in [5.41, 5.74) is 5.33. The number of benzene rings is 1. The molecule has 1 heteroatoms. The van der Waals surface area contributed by atoms with Crippen LogP contribution in [0.15, 0.2) is 6.07 Å². The zero-order chi connectivity index (χ0) is 8.01. The summed E-state index contributed by atoms with van der Waals surface area (Å²) in [7, 11) is 0. The van der Waals surface area contributed by atoms with E-state index in [4.69, 9.17) is 4.74 Å². The van der Waals surface area contributed by atoms with Crippen molar-refractivity contribution in [1.29, 1.82) is 0 Å². The van der Waals surface area contributed by atoms with E-state index in [1.807, 2.05) is 0 Å². The predicted octanol–water partition coefficient (Wildman–Crippen LogP) is 2.50. The summed E-state index contributed by atoms with van der Waals surface area (Å²) in [6, 6.07) is 2.22. The Morgan fingerprint density at radius 1 is 1.18 bits per heavy atom. The smallest absolute Gasteiger partial charge is 0.125 e. The van der Waals surface area contributed by atoms with E-state index in [0.717, 1.165) is 12.4 Å². The highest BCUT2D eigenvalue weighted by atomic mass is 16.5. The molecule has 3 rings (SSSR count). The lowest BCUT2D eigenvalue weighted by molar-refractivity contribution is 0.287. The molecule has 2 heterocycles. The Morgan fingerprint density at radius 3 is 2.36 bits per heavy atom. The molecule has 0 radical (unpaired) electrons. The molecule has 1 aromatic carbocycles. The lowest BCUT2D eigenvalue weighted by atomic mass is 9.97. The maximum Gasteiger partial charge on any atom is 0.125 e. The van der Waals surface area contributed by atoms with Gasteiger partial charge in [-0.25, -0.2) is 0 Å². The van der Waals surface area contributed by atoms with E-state index in [-0.39, 0.29) is 0 Å². The second kappa shape index (κ2) is 2.00. The highest BCUT2D eigenvalue weighted by Crippen LogP contribution is 2.34. The van der Waals surface area contributed by atoms with Crippen molar-refractivity contribution in [2.45, 2.75) is 27.4 Å². The van der Waals surface area contributed by atoms with E-state index >= 15 is 0 Å². The van der Waals surface area contributed by atoms with Crippen molar-refractivity contribution in [3.8, 4) is 5.75 Å². The summed E-state index contributed by atoms with van der Waals surface area (Å²) in [4.78, 5) is 0. The maximum atomic E-state index is 5.53. The SMILES string of the molecule is Cc1cc2c(C)c(C)c1OC2. The fourth-order valence-electron chi connectivity index (χ4n) is 1.66. The van der Waals surface area contributed by atoms with Crippen LogP contribution in [0.2, 0.25) is 0 Å². The molecule has 58 valence electrons. The molecule has 0 saturated heterocycles. The fourth-order valence-corrected chi connectivity index (χ4v) is 1.66. The van der Waals surface area contributed by atoms with Crippen LogP contribution in [0.25, 0.3) is 0 Å². The molecule has 0 N–H and O–H groups in total. The Kier molecular flexibility index (Phi) is 1.22. The largest absolute Gasteiger partial charge is 0.488 e. The van der Waals surface area contributed by atoms with Crippen molar-refractivity contribution in [3.05, 3.63) is 28.3 Å². The van der Waals surface area contributed by atoms with Gasteiger partial charge < -0.3 is 4.74 Å². The van der Waals surface area contributed by atoms with Crippen molar-refractivity contribution in [3.63, 3.8) is 0 Å². The van der Waals surface area contributed by atoms with Crippen molar-refractivity contribution >= 4 is 0 Å². The van der Waals surface area contributed by atoms with Crippen LogP contribution in [0.1, 0.15) is 22.3 Å². The molecular weight excluding hydrogens is 136 g/mol. The van der Waals surface area contributed by atoms with Crippen LogP contribution in [0.5, 0.6) is 5.75 Å². The van der Waals surface area contributed by atoms with Crippen LogP contribution in [0, 0.1) is 20.8 Å². The first kappa shape index (κ1) is 6.71. The number of rotatable bonds is 0. The number of fused-ring (bicyclic) bond motifs is 3. The van der Waals surface area contributed by atoms with Crippen molar-refractivity contribution in [2.24, 2.45) is 0 Å². The van der Waals surface area contributed by atoms with E-state index in [2.05, 4.69) is 26.8 Å². The molecule has 1 nitrogen and oxygen atoms in total. The van der Waals surface area contributed by atoms with Gasteiger partial charge in [0.15, 0.2) is 0 Å². The van der Waals surface area contributed by atoms with Gasteiger partial charge in [0.25, 0.3) is 0 Å². The molecule has 0 aliphatic carbocycles. The monoisotopic (exact) mass is 148 g/mol. The first-order valence-electron chi connectivity index (χ1n) is 3.92. The zero-order valence-corrected chi connectivity index (χ0v) is 7.19. The second-order valence-electron chi connectivity index (χ2n) is 3.22. The summed E-state index contributed by atoms with van der Waals surface area (Å²) >= 11 is 0. The van der Waals surface area contributed by atoms with E-state index < -0.39 is 0 Å². The predicted molar refractivity (Wildman–Crippen MR) is 45.0 cm³/mol. The molecule has 0 fully saturated rings.